The number of aliphatic hydroxyl groups is 1. The lowest BCUT2D eigenvalue weighted by Crippen LogP contribution is -2.16. The van der Waals surface area contributed by atoms with Crippen LogP contribution in [0.25, 0.3) is 0 Å². The Morgan fingerprint density at radius 1 is 1.16 bits per heavy atom. The number of carbonyl (C=O) groups excluding carboxylic acids is 1. The summed E-state index contributed by atoms with van der Waals surface area (Å²) in [6.07, 6.45) is -1.41. The minimum atomic E-state index is -1.41. The van der Waals surface area contributed by atoms with Crippen LogP contribution in [0, 0.1) is 0 Å². The molecule has 0 saturated heterocycles. The lowest BCUT2D eigenvalue weighted by atomic mass is 10.1. The van der Waals surface area contributed by atoms with E-state index < -0.39 is 12.1 Å². The van der Waals surface area contributed by atoms with E-state index in [1.807, 2.05) is 19.0 Å². The van der Waals surface area contributed by atoms with Gasteiger partial charge in [0.2, 0.25) is 0 Å². The summed E-state index contributed by atoms with van der Waals surface area (Å²) in [4.78, 5) is 13.3. The molecule has 1 aromatic rings. The fourth-order valence-corrected chi connectivity index (χ4v) is 1.71. The van der Waals surface area contributed by atoms with Gasteiger partial charge in [-0.15, -0.1) is 0 Å². The van der Waals surface area contributed by atoms with Gasteiger partial charge in [0.25, 0.3) is 0 Å². The van der Waals surface area contributed by atoms with Gasteiger partial charge >= 0.3 is 5.97 Å². The fraction of sp³-hybridized carbons (Fsp3) is 0.462. The lowest BCUT2D eigenvalue weighted by Gasteiger charge is -2.21. The maximum Gasteiger partial charge on any atom is 0.339 e. The number of methoxy groups -OCH3 is 3. The monoisotopic (exact) mass is 269 g/mol. The summed E-state index contributed by atoms with van der Waals surface area (Å²) in [6.45, 7) is 0. The Morgan fingerprint density at radius 2 is 1.74 bits per heavy atom. The second-order valence-corrected chi connectivity index (χ2v) is 4.09. The molecule has 0 spiro atoms. The molecular weight excluding hydrogens is 250 g/mol. The van der Waals surface area contributed by atoms with Gasteiger partial charge in [-0.25, -0.2) is 4.79 Å². The van der Waals surface area contributed by atoms with Crippen molar-refractivity contribution in [3.8, 4) is 11.5 Å². The molecule has 1 rings (SSSR count). The highest BCUT2D eigenvalue weighted by atomic mass is 16.5. The molecule has 0 radical (unpaired) electrons. The van der Waals surface area contributed by atoms with Crippen LogP contribution in [0.3, 0.4) is 0 Å². The molecule has 0 heterocycles. The van der Waals surface area contributed by atoms with Crippen LogP contribution in [0.15, 0.2) is 12.1 Å². The maximum absolute atomic E-state index is 11.4. The van der Waals surface area contributed by atoms with E-state index in [1.54, 1.807) is 12.1 Å². The van der Waals surface area contributed by atoms with Gasteiger partial charge in [0.1, 0.15) is 11.5 Å². The van der Waals surface area contributed by atoms with Crippen LogP contribution in [0.4, 0.5) is 5.69 Å². The van der Waals surface area contributed by atoms with Gasteiger partial charge in [0.15, 0.2) is 6.10 Å². The Hall–Kier alpha value is -1.95. The second-order valence-electron chi connectivity index (χ2n) is 4.09. The zero-order chi connectivity index (χ0) is 14.6. The molecule has 6 nitrogen and oxygen atoms in total. The van der Waals surface area contributed by atoms with E-state index in [2.05, 4.69) is 4.74 Å². The van der Waals surface area contributed by atoms with E-state index in [0.29, 0.717) is 17.1 Å². The summed E-state index contributed by atoms with van der Waals surface area (Å²) >= 11 is 0. The predicted octanol–water partition coefficient (Wildman–Crippen LogP) is 0.976. The van der Waals surface area contributed by atoms with E-state index in [4.69, 9.17) is 9.47 Å². The Balaban J connectivity index is 3.35. The van der Waals surface area contributed by atoms with Crippen LogP contribution < -0.4 is 14.4 Å². The molecule has 0 aliphatic rings. The van der Waals surface area contributed by atoms with Crippen molar-refractivity contribution >= 4 is 11.7 Å². The number of anilines is 1. The average Bonchev–Trinajstić information content (AvgIpc) is 2.43. The van der Waals surface area contributed by atoms with Crippen LogP contribution >= 0.6 is 0 Å². The molecule has 0 fully saturated rings. The number of benzene rings is 1. The van der Waals surface area contributed by atoms with Crippen LogP contribution in [0.2, 0.25) is 0 Å². The minimum absolute atomic E-state index is 0.303. The van der Waals surface area contributed by atoms with Gasteiger partial charge in [-0.1, -0.05) is 0 Å². The first-order valence-electron chi connectivity index (χ1n) is 5.65. The quantitative estimate of drug-likeness (QED) is 0.804. The molecule has 0 aromatic heterocycles. The van der Waals surface area contributed by atoms with E-state index in [0.717, 1.165) is 5.69 Å². The average molecular weight is 269 g/mol. The van der Waals surface area contributed by atoms with Gasteiger partial charge in [0, 0.05) is 25.7 Å². The third-order valence-corrected chi connectivity index (χ3v) is 2.73. The molecule has 1 N–H and O–H groups in total. The predicted molar refractivity (Wildman–Crippen MR) is 70.8 cm³/mol. The smallest absolute Gasteiger partial charge is 0.339 e. The molecule has 0 amide bonds. The number of ether oxygens (including phenoxy) is 3. The van der Waals surface area contributed by atoms with Crippen molar-refractivity contribution in [3.05, 3.63) is 17.7 Å². The van der Waals surface area contributed by atoms with Crippen molar-refractivity contribution in [1.29, 1.82) is 0 Å². The molecule has 19 heavy (non-hydrogen) atoms. The van der Waals surface area contributed by atoms with Gasteiger partial charge < -0.3 is 24.2 Å². The zero-order valence-electron chi connectivity index (χ0n) is 11.8. The number of hydrogen-bond acceptors (Lipinski definition) is 6. The van der Waals surface area contributed by atoms with Crippen molar-refractivity contribution in [2.24, 2.45) is 0 Å². The van der Waals surface area contributed by atoms with Gasteiger partial charge in [0.05, 0.1) is 27.0 Å². The van der Waals surface area contributed by atoms with E-state index in [1.165, 1.54) is 21.3 Å². The number of esters is 1. The SMILES string of the molecule is COC(=O)C(O)c1cc(OC)c(N(C)C)cc1OC. The van der Waals surface area contributed by atoms with Crippen molar-refractivity contribution in [2.45, 2.75) is 6.10 Å². The first-order valence-corrected chi connectivity index (χ1v) is 5.65. The Bertz CT molecular complexity index is 459. The minimum Gasteiger partial charge on any atom is -0.496 e. The van der Waals surface area contributed by atoms with Crippen LogP contribution in [0.5, 0.6) is 11.5 Å². The summed E-state index contributed by atoms with van der Waals surface area (Å²) in [5.41, 5.74) is 1.08. The van der Waals surface area contributed by atoms with E-state index in [-0.39, 0.29) is 0 Å². The summed E-state index contributed by atoms with van der Waals surface area (Å²) in [7, 11) is 7.91. The van der Waals surface area contributed by atoms with Crippen molar-refractivity contribution < 1.29 is 24.1 Å². The zero-order valence-corrected chi connectivity index (χ0v) is 11.8. The summed E-state index contributed by atoms with van der Waals surface area (Å²) < 4.78 is 15.0. The first kappa shape index (κ1) is 15.1. The maximum atomic E-state index is 11.4. The molecule has 6 heteroatoms. The molecule has 0 aliphatic carbocycles. The van der Waals surface area contributed by atoms with Crippen molar-refractivity contribution in [2.75, 3.05) is 40.3 Å². The van der Waals surface area contributed by atoms with Gasteiger partial charge in [-0.05, 0) is 6.07 Å². The van der Waals surface area contributed by atoms with Crippen LogP contribution in [-0.4, -0.2) is 46.5 Å². The number of nitrogens with zero attached hydrogens (tertiary/aromatic N) is 1. The van der Waals surface area contributed by atoms with E-state index >= 15 is 0 Å². The highest BCUT2D eigenvalue weighted by Crippen LogP contribution is 2.37. The lowest BCUT2D eigenvalue weighted by molar-refractivity contribution is -0.150. The molecule has 0 bridgehead atoms. The number of rotatable bonds is 5. The third kappa shape index (κ3) is 3.08. The summed E-state index contributed by atoms with van der Waals surface area (Å²) in [5, 5.41) is 9.93. The Kier molecular flexibility index (Phi) is 5.00. The molecule has 0 saturated carbocycles. The van der Waals surface area contributed by atoms with Crippen molar-refractivity contribution in [1.82, 2.24) is 0 Å². The normalized spacial score (nSPS) is 11.7. The van der Waals surface area contributed by atoms with E-state index in [9.17, 15) is 9.90 Å². The number of carbonyl (C=O) groups is 1. The summed E-state index contributed by atoms with van der Waals surface area (Å²) in [6, 6.07) is 3.26. The largest absolute Gasteiger partial charge is 0.496 e. The fourth-order valence-electron chi connectivity index (χ4n) is 1.71. The molecule has 106 valence electrons. The van der Waals surface area contributed by atoms with Gasteiger partial charge in [-0.2, -0.15) is 0 Å². The first-order chi connectivity index (χ1) is 8.96. The molecule has 0 aliphatic heterocycles. The third-order valence-electron chi connectivity index (χ3n) is 2.73. The standard InChI is InChI=1S/C13H19NO5/c1-14(2)9-7-10(17-3)8(6-11(9)18-4)12(15)13(16)19-5/h6-7,12,15H,1-5H3. The van der Waals surface area contributed by atoms with Crippen molar-refractivity contribution in [3.63, 3.8) is 0 Å². The number of aliphatic hydroxyl groups excluding tert-OH is 1. The highest BCUT2D eigenvalue weighted by Gasteiger charge is 2.24. The topological polar surface area (TPSA) is 68.2 Å². The van der Waals surface area contributed by atoms with Crippen LogP contribution in [-0.2, 0) is 9.53 Å². The number of hydrogen-bond donors (Lipinski definition) is 1. The Labute approximate surface area is 112 Å². The van der Waals surface area contributed by atoms with Gasteiger partial charge in [-0.3, -0.25) is 0 Å². The Morgan fingerprint density at radius 3 is 2.16 bits per heavy atom. The molecular formula is C13H19NO5. The summed E-state index contributed by atoms with van der Waals surface area (Å²) in [5.74, 6) is 0.170. The van der Waals surface area contributed by atoms with Crippen LogP contribution in [0.1, 0.15) is 11.7 Å². The molecule has 1 unspecified atom stereocenters. The second kappa shape index (κ2) is 6.29. The highest BCUT2D eigenvalue weighted by molar-refractivity contribution is 5.78. The molecule has 1 atom stereocenters. The molecule has 1 aromatic carbocycles.